The number of benzene rings is 2. The lowest BCUT2D eigenvalue weighted by Gasteiger charge is -2.01. The van der Waals surface area contributed by atoms with E-state index in [4.69, 9.17) is 16.0 Å². The van der Waals surface area contributed by atoms with Gasteiger partial charge in [-0.05, 0) is 36.4 Å². The fourth-order valence-corrected chi connectivity index (χ4v) is 2.66. The molecule has 4 aromatic rings. The van der Waals surface area contributed by atoms with Gasteiger partial charge in [-0.25, -0.2) is 4.98 Å². The standard InChI is InChI=1S/C18H11ClN2O2/c19-12-5-3-4-11(10-12)15-8-9-16(23-15)17-20-14-7-2-1-6-13(14)18(22)21-17/h1-10H,(H,20,21,22). The van der Waals surface area contributed by atoms with Gasteiger partial charge in [-0.2, -0.15) is 0 Å². The maximum absolute atomic E-state index is 12.1. The van der Waals surface area contributed by atoms with E-state index in [0.717, 1.165) is 5.56 Å². The normalized spacial score (nSPS) is 11.0. The summed E-state index contributed by atoms with van der Waals surface area (Å²) in [6.07, 6.45) is 0. The van der Waals surface area contributed by atoms with Gasteiger partial charge in [0.2, 0.25) is 0 Å². The Morgan fingerprint density at radius 3 is 2.65 bits per heavy atom. The van der Waals surface area contributed by atoms with Crippen molar-refractivity contribution in [3.05, 3.63) is 76.0 Å². The lowest BCUT2D eigenvalue weighted by molar-refractivity contribution is 0.592. The number of furan rings is 1. The zero-order valence-electron chi connectivity index (χ0n) is 11.9. The summed E-state index contributed by atoms with van der Waals surface area (Å²) < 4.78 is 5.82. The number of rotatable bonds is 2. The lowest BCUT2D eigenvalue weighted by Crippen LogP contribution is -2.08. The highest BCUT2D eigenvalue weighted by atomic mass is 35.5. The van der Waals surface area contributed by atoms with Gasteiger partial charge in [0, 0.05) is 10.6 Å². The fraction of sp³-hybridized carbons (Fsp3) is 0. The summed E-state index contributed by atoms with van der Waals surface area (Å²) in [5, 5.41) is 1.19. The molecule has 0 aliphatic rings. The number of hydrogen-bond acceptors (Lipinski definition) is 3. The summed E-state index contributed by atoms with van der Waals surface area (Å²) in [5.74, 6) is 1.57. The van der Waals surface area contributed by atoms with Crippen molar-refractivity contribution in [2.75, 3.05) is 0 Å². The van der Waals surface area contributed by atoms with E-state index in [2.05, 4.69) is 9.97 Å². The molecule has 0 amide bonds. The summed E-state index contributed by atoms with van der Waals surface area (Å²) in [7, 11) is 0. The first-order valence-corrected chi connectivity index (χ1v) is 7.44. The van der Waals surface area contributed by atoms with Crippen LogP contribution in [0.4, 0.5) is 0 Å². The minimum Gasteiger partial charge on any atom is -0.453 e. The maximum Gasteiger partial charge on any atom is 0.259 e. The van der Waals surface area contributed by atoms with Gasteiger partial charge in [-0.15, -0.1) is 0 Å². The predicted octanol–water partition coefficient (Wildman–Crippen LogP) is 4.50. The molecule has 4 nitrogen and oxygen atoms in total. The zero-order valence-corrected chi connectivity index (χ0v) is 12.7. The van der Waals surface area contributed by atoms with Gasteiger partial charge in [0.05, 0.1) is 10.9 Å². The molecule has 1 N–H and O–H groups in total. The molecule has 0 spiro atoms. The highest BCUT2D eigenvalue weighted by Gasteiger charge is 2.11. The number of fused-ring (bicyclic) bond motifs is 1. The average Bonchev–Trinajstić information content (AvgIpc) is 3.05. The molecule has 0 aliphatic carbocycles. The van der Waals surface area contributed by atoms with Gasteiger partial charge >= 0.3 is 0 Å². The Balaban J connectivity index is 1.82. The van der Waals surface area contributed by atoms with Crippen molar-refractivity contribution in [3.63, 3.8) is 0 Å². The van der Waals surface area contributed by atoms with Crippen LogP contribution in [0.5, 0.6) is 0 Å². The van der Waals surface area contributed by atoms with E-state index in [-0.39, 0.29) is 5.56 Å². The highest BCUT2D eigenvalue weighted by molar-refractivity contribution is 6.30. The van der Waals surface area contributed by atoms with Crippen LogP contribution in [-0.2, 0) is 0 Å². The summed E-state index contributed by atoms with van der Waals surface area (Å²) in [5.41, 5.74) is 1.31. The van der Waals surface area contributed by atoms with E-state index in [9.17, 15) is 4.79 Å². The molecule has 4 rings (SSSR count). The smallest absolute Gasteiger partial charge is 0.259 e. The summed E-state index contributed by atoms with van der Waals surface area (Å²) in [4.78, 5) is 19.4. The van der Waals surface area contributed by atoms with Crippen molar-refractivity contribution >= 4 is 22.5 Å². The third-order valence-corrected chi connectivity index (χ3v) is 3.80. The van der Waals surface area contributed by atoms with Crippen molar-refractivity contribution in [3.8, 4) is 22.9 Å². The Hall–Kier alpha value is -2.85. The van der Waals surface area contributed by atoms with E-state index < -0.39 is 0 Å². The largest absolute Gasteiger partial charge is 0.453 e. The number of para-hydroxylation sites is 1. The quantitative estimate of drug-likeness (QED) is 0.591. The molecule has 0 saturated heterocycles. The van der Waals surface area contributed by atoms with Gasteiger partial charge in [-0.1, -0.05) is 35.9 Å². The number of nitrogens with one attached hydrogen (secondary N) is 1. The molecule has 2 aromatic heterocycles. The van der Waals surface area contributed by atoms with E-state index in [1.807, 2.05) is 36.4 Å². The van der Waals surface area contributed by atoms with Gasteiger partial charge < -0.3 is 9.40 Å². The van der Waals surface area contributed by atoms with Gasteiger partial charge in [0.1, 0.15) is 5.76 Å². The molecular weight excluding hydrogens is 312 g/mol. The average molecular weight is 323 g/mol. The molecule has 2 aromatic carbocycles. The topological polar surface area (TPSA) is 58.9 Å². The molecule has 0 radical (unpaired) electrons. The molecule has 0 unspecified atom stereocenters. The van der Waals surface area contributed by atoms with Crippen LogP contribution in [0.1, 0.15) is 0 Å². The number of halogens is 1. The second-order valence-corrected chi connectivity index (χ2v) is 5.54. The van der Waals surface area contributed by atoms with Crippen LogP contribution in [0.2, 0.25) is 5.02 Å². The fourth-order valence-electron chi connectivity index (χ4n) is 2.47. The van der Waals surface area contributed by atoms with E-state index in [1.165, 1.54) is 0 Å². The molecule has 0 saturated carbocycles. The Bertz CT molecular complexity index is 1070. The Labute approximate surface area is 136 Å². The molecule has 0 fully saturated rings. The Morgan fingerprint density at radius 2 is 1.78 bits per heavy atom. The molecule has 0 bridgehead atoms. The van der Waals surface area contributed by atoms with Crippen molar-refractivity contribution in [1.82, 2.24) is 9.97 Å². The third-order valence-electron chi connectivity index (χ3n) is 3.56. The zero-order chi connectivity index (χ0) is 15.8. The maximum atomic E-state index is 12.1. The SMILES string of the molecule is O=c1[nH]c(-c2ccc(-c3cccc(Cl)c3)o2)nc2ccccc12. The third kappa shape index (κ3) is 2.53. The van der Waals surface area contributed by atoms with E-state index in [0.29, 0.717) is 33.3 Å². The van der Waals surface area contributed by atoms with Gasteiger partial charge in [0.15, 0.2) is 11.6 Å². The lowest BCUT2D eigenvalue weighted by atomic mass is 10.2. The van der Waals surface area contributed by atoms with Crippen molar-refractivity contribution < 1.29 is 4.42 Å². The van der Waals surface area contributed by atoms with Crippen LogP contribution in [0.3, 0.4) is 0 Å². The monoisotopic (exact) mass is 322 g/mol. The number of aromatic amines is 1. The molecule has 0 atom stereocenters. The van der Waals surface area contributed by atoms with Crippen molar-refractivity contribution in [2.24, 2.45) is 0 Å². The number of hydrogen-bond donors (Lipinski definition) is 1. The highest BCUT2D eigenvalue weighted by Crippen LogP contribution is 2.28. The van der Waals surface area contributed by atoms with Crippen LogP contribution >= 0.6 is 11.6 Å². The minimum absolute atomic E-state index is 0.189. The first-order chi connectivity index (χ1) is 11.2. The second-order valence-electron chi connectivity index (χ2n) is 5.11. The van der Waals surface area contributed by atoms with Gasteiger partial charge in [-0.3, -0.25) is 4.79 Å². The molecule has 0 aliphatic heterocycles. The molecular formula is C18H11ClN2O2. The van der Waals surface area contributed by atoms with Gasteiger partial charge in [0.25, 0.3) is 5.56 Å². The molecule has 5 heteroatoms. The van der Waals surface area contributed by atoms with Crippen LogP contribution in [0.25, 0.3) is 33.8 Å². The second kappa shape index (κ2) is 5.41. The van der Waals surface area contributed by atoms with E-state index >= 15 is 0 Å². The van der Waals surface area contributed by atoms with Crippen molar-refractivity contribution in [1.29, 1.82) is 0 Å². The summed E-state index contributed by atoms with van der Waals surface area (Å²) in [6.45, 7) is 0. The first kappa shape index (κ1) is 13.8. The first-order valence-electron chi connectivity index (χ1n) is 7.06. The predicted molar refractivity (Wildman–Crippen MR) is 90.5 cm³/mol. The molecule has 112 valence electrons. The van der Waals surface area contributed by atoms with Crippen molar-refractivity contribution in [2.45, 2.75) is 0 Å². The molecule has 2 heterocycles. The number of H-pyrrole nitrogens is 1. The van der Waals surface area contributed by atoms with Crippen LogP contribution in [0, 0.1) is 0 Å². The Morgan fingerprint density at radius 1 is 0.957 bits per heavy atom. The van der Waals surface area contributed by atoms with Crippen LogP contribution in [0.15, 0.2) is 69.9 Å². The summed E-state index contributed by atoms with van der Waals surface area (Å²) in [6, 6.07) is 18.2. The molecule has 23 heavy (non-hydrogen) atoms. The van der Waals surface area contributed by atoms with E-state index in [1.54, 1.807) is 24.3 Å². The number of nitrogens with zero attached hydrogens (tertiary/aromatic N) is 1. The van der Waals surface area contributed by atoms with Crippen LogP contribution in [-0.4, -0.2) is 9.97 Å². The van der Waals surface area contributed by atoms with Crippen LogP contribution < -0.4 is 5.56 Å². The minimum atomic E-state index is -0.189. The number of aromatic nitrogens is 2. The Kier molecular flexibility index (Phi) is 3.24. The summed E-state index contributed by atoms with van der Waals surface area (Å²) >= 11 is 6.00.